The van der Waals surface area contributed by atoms with Crippen molar-refractivity contribution >= 4 is 11.9 Å². The van der Waals surface area contributed by atoms with Crippen molar-refractivity contribution in [3.8, 4) is 0 Å². The number of hydrogen-bond donors (Lipinski definition) is 5. The van der Waals surface area contributed by atoms with Crippen LogP contribution in [0.4, 0.5) is 0 Å². The van der Waals surface area contributed by atoms with E-state index < -0.39 is 0 Å². The molecule has 0 aromatic rings. The second-order valence-corrected chi connectivity index (χ2v) is 4.53. The highest BCUT2D eigenvalue weighted by Gasteiger charge is 1.95. The van der Waals surface area contributed by atoms with Crippen molar-refractivity contribution in [3.63, 3.8) is 0 Å². The lowest BCUT2D eigenvalue weighted by molar-refractivity contribution is 0.521. The molecule has 0 aliphatic rings. The van der Waals surface area contributed by atoms with Crippen LogP contribution in [0.25, 0.3) is 0 Å². The largest absolute Gasteiger partial charge is 0.369 e. The Morgan fingerprint density at radius 3 is 2.35 bits per heavy atom. The minimum atomic E-state index is -0.183. The molecule has 0 fully saturated rings. The number of hydrazine groups is 1. The Bertz CT molecular complexity index is 236. The SMILES string of the molecule is CC(C)CCCCCCN=C(N)NNC(=N)N. The highest BCUT2D eigenvalue weighted by molar-refractivity contribution is 5.82. The van der Waals surface area contributed by atoms with Gasteiger partial charge in [-0.3, -0.25) is 21.3 Å². The number of hydrogen-bond acceptors (Lipinski definition) is 2. The summed E-state index contributed by atoms with van der Waals surface area (Å²) in [4.78, 5) is 4.10. The minimum absolute atomic E-state index is 0.183. The van der Waals surface area contributed by atoms with E-state index in [-0.39, 0.29) is 11.9 Å². The maximum absolute atomic E-state index is 6.91. The molecule has 7 N–H and O–H groups in total. The van der Waals surface area contributed by atoms with Gasteiger partial charge in [0, 0.05) is 6.54 Å². The summed E-state index contributed by atoms with van der Waals surface area (Å²) in [5.74, 6) is 0.879. The van der Waals surface area contributed by atoms with Crippen molar-refractivity contribution in [1.29, 1.82) is 5.41 Å². The Balaban J connectivity index is 3.36. The molecule has 0 saturated heterocycles. The fourth-order valence-electron chi connectivity index (χ4n) is 1.39. The number of unbranched alkanes of at least 4 members (excludes halogenated alkanes) is 3. The molecule has 0 aliphatic heterocycles. The van der Waals surface area contributed by atoms with Crippen LogP contribution in [0.15, 0.2) is 4.99 Å². The molecule has 0 bridgehead atoms. The van der Waals surface area contributed by atoms with Gasteiger partial charge in [0.2, 0.25) is 11.9 Å². The highest BCUT2D eigenvalue weighted by Crippen LogP contribution is 2.09. The van der Waals surface area contributed by atoms with Gasteiger partial charge in [-0.1, -0.05) is 39.5 Å². The first kappa shape index (κ1) is 15.5. The Hall–Kier alpha value is -1.46. The van der Waals surface area contributed by atoms with Gasteiger partial charge in [0.05, 0.1) is 0 Å². The predicted octanol–water partition coefficient (Wildman–Crippen LogP) is 0.895. The van der Waals surface area contributed by atoms with Crippen LogP contribution in [0.3, 0.4) is 0 Å². The van der Waals surface area contributed by atoms with Gasteiger partial charge in [0.15, 0.2) is 0 Å². The van der Waals surface area contributed by atoms with E-state index in [9.17, 15) is 0 Å². The molecule has 0 unspecified atom stereocenters. The molecule has 6 heteroatoms. The number of aliphatic imine (C=N–C) groups is 1. The molecule has 0 aromatic heterocycles. The summed E-state index contributed by atoms with van der Waals surface area (Å²) in [6.07, 6.45) is 6.08. The molecule has 100 valence electrons. The van der Waals surface area contributed by atoms with Gasteiger partial charge in [-0.05, 0) is 12.3 Å². The standard InChI is InChI=1S/C11H26N6/c1-9(2)7-5-3-4-6-8-15-11(14)17-16-10(12)13/h9H,3-8H2,1-2H3,(H4,12,13,16)(H3,14,15,17). The maximum Gasteiger partial charge on any atom is 0.207 e. The second kappa shape index (κ2) is 9.74. The number of nitrogens with two attached hydrogens (primary N) is 2. The lowest BCUT2D eigenvalue weighted by Crippen LogP contribution is -2.48. The molecule has 0 heterocycles. The zero-order valence-corrected chi connectivity index (χ0v) is 10.9. The van der Waals surface area contributed by atoms with Crippen LogP contribution in [0, 0.1) is 11.3 Å². The average Bonchev–Trinajstić information content (AvgIpc) is 2.24. The van der Waals surface area contributed by atoms with Gasteiger partial charge in [0.1, 0.15) is 0 Å². The van der Waals surface area contributed by atoms with Crippen molar-refractivity contribution in [3.05, 3.63) is 0 Å². The quantitative estimate of drug-likeness (QED) is 0.197. The molecular weight excluding hydrogens is 216 g/mol. The summed E-state index contributed by atoms with van der Waals surface area (Å²) >= 11 is 0. The van der Waals surface area contributed by atoms with Gasteiger partial charge < -0.3 is 11.5 Å². The van der Waals surface area contributed by atoms with Crippen LogP contribution < -0.4 is 22.3 Å². The van der Waals surface area contributed by atoms with Crippen molar-refractivity contribution in [2.75, 3.05) is 6.54 Å². The van der Waals surface area contributed by atoms with Crippen LogP contribution in [-0.4, -0.2) is 18.5 Å². The van der Waals surface area contributed by atoms with Crippen molar-refractivity contribution < 1.29 is 0 Å². The molecule has 0 aromatic carbocycles. The van der Waals surface area contributed by atoms with Crippen LogP contribution in [-0.2, 0) is 0 Å². The van der Waals surface area contributed by atoms with E-state index in [0.717, 1.165) is 12.3 Å². The molecule has 0 radical (unpaired) electrons. The van der Waals surface area contributed by atoms with Gasteiger partial charge >= 0.3 is 0 Å². The average molecular weight is 242 g/mol. The van der Waals surface area contributed by atoms with E-state index >= 15 is 0 Å². The van der Waals surface area contributed by atoms with E-state index in [1.165, 1.54) is 25.7 Å². The molecule has 6 nitrogen and oxygen atoms in total. The van der Waals surface area contributed by atoms with Gasteiger partial charge in [0.25, 0.3) is 0 Å². The second-order valence-electron chi connectivity index (χ2n) is 4.53. The highest BCUT2D eigenvalue weighted by atomic mass is 15.4. The Morgan fingerprint density at radius 1 is 1.12 bits per heavy atom. The zero-order valence-electron chi connectivity index (χ0n) is 10.9. The molecule has 0 saturated carbocycles. The molecule has 0 amide bonds. The van der Waals surface area contributed by atoms with Gasteiger partial charge in [-0.2, -0.15) is 0 Å². The van der Waals surface area contributed by atoms with Gasteiger partial charge in [-0.15, -0.1) is 0 Å². The van der Waals surface area contributed by atoms with E-state index in [4.69, 9.17) is 16.9 Å². The molecule has 0 rings (SSSR count). The monoisotopic (exact) mass is 242 g/mol. The topological polar surface area (TPSA) is 112 Å². The molecule has 17 heavy (non-hydrogen) atoms. The van der Waals surface area contributed by atoms with Crippen LogP contribution in [0.2, 0.25) is 0 Å². The molecular formula is C11H26N6. The maximum atomic E-state index is 6.91. The van der Waals surface area contributed by atoms with E-state index in [1.54, 1.807) is 0 Å². The van der Waals surface area contributed by atoms with E-state index in [0.29, 0.717) is 6.54 Å². The first-order chi connectivity index (χ1) is 8.02. The van der Waals surface area contributed by atoms with Crippen molar-refractivity contribution in [2.45, 2.75) is 46.0 Å². The number of rotatable bonds is 7. The van der Waals surface area contributed by atoms with E-state index in [1.807, 2.05) is 0 Å². The summed E-state index contributed by atoms with van der Waals surface area (Å²) in [6, 6.07) is 0. The summed E-state index contributed by atoms with van der Waals surface area (Å²) in [5.41, 5.74) is 15.5. The van der Waals surface area contributed by atoms with Crippen LogP contribution in [0.5, 0.6) is 0 Å². The van der Waals surface area contributed by atoms with Gasteiger partial charge in [-0.25, -0.2) is 0 Å². The third-order valence-electron chi connectivity index (χ3n) is 2.30. The predicted molar refractivity (Wildman–Crippen MR) is 72.6 cm³/mol. The molecule has 0 atom stereocenters. The third kappa shape index (κ3) is 12.5. The van der Waals surface area contributed by atoms with E-state index in [2.05, 4.69) is 29.7 Å². The lowest BCUT2D eigenvalue weighted by atomic mass is 10.0. The Morgan fingerprint density at radius 2 is 1.76 bits per heavy atom. The smallest absolute Gasteiger partial charge is 0.207 e. The zero-order chi connectivity index (χ0) is 13.1. The van der Waals surface area contributed by atoms with Crippen molar-refractivity contribution in [2.24, 2.45) is 22.4 Å². The fraction of sp³-hybridized carbons (Fsp3) is 0.818. The Kier molecular flexibility index (Phi) is 8.91. The summed E-state index contributed by atoms with van der Waals surface area (Å²) in [7, 11) is 0. The van der Waals surface area contributed by atoms with Crippen LogP contribution >= 0.6 is 0 Å². The lowest BCUT2D eigenvalue weighted by Gasteiger charge is -2.06. The van der Waals surface area contributed by atoms with Crippen LogP contribution in [0.1, 0.15) is 46.0 Å². The summed E-state index contributed by atoms with van der Waals surface area (Å²) in [6.45, 7) is 5.21. The minimum Gasteiger partial charge on any atom is -0.369 e. The van der Waals surface area contributed by atoms with Crippen molar-refractivity contribution in [1.82, 2.24) is 10.9 Å². The normalized spacial score (nSPS) is 11.6. The number of guanidine groups is 2. The summed E-state index contributed by atoms with van der Waals surface area (Å²) in [5, 5.41) is 6.91. The third-order valence-corrected chi connectivity index (χ3v) is 2.30. The molecule has 0 aliphatic carbocycles. The number of nitrogens with zero attached hydrogens (tertiary/aromatic N) is 1. The first-order valence-corrected chi connectivity index (χ1v) is 6.18. The number of nitrogens with one attached hydrogen (secondary N) is 3. The summed E-state index contributed by atoms with van der Waals surface area (Å²) < 4.78 is 0. The molecule has 0 spiro atoms. The fourth-order valence-corrected chi connectivity index (χ4v) is 1.39. The first-order valence-electron chi connectivity index (χ1n) is 6.18. The Labute approximate surface area is 104 Å².